The molecule has 2 rings (SSSR count). The summed E-state index contributed by atoms with van der Waals surface area (Å²) in [5, 5.41) is 7.91. The van der Waals surface area contributed by atoms with Gasteiger partial charge in [-0.1, -0.05) is 18.2 Å². The van der Waals surface area contributed by atoms with Crippen molar-refractivity contribution < 1.29 is 9.53 Å². The molecule has 0 aliphatic carbocycles. The van der Waals surface area contributed by atoms with E-state index in [0.29, 0.717) is 6.54 Å². The summed E-state index contributed by atoms with van der Waals surface area (Å²) in [7, 11) is 3.44. The predicted octanol–water partition coefficient (Wildman–Crippen LogP) is 2.40. The molecule has 0 saturated heterocycles. The highest BCUT2D eigenvalue weighted by Crippen LogP contribution is 2.19. The van der Waals surface area contributed by atoms with Crippen molar-refractivity contribution in [3.8, 4) is 5.75 Å². The maximum atomic E-state index is 11.7. The van der Waals surface area contributed by atoms with Gasteiger partial charge in [0.05, 0.1) is 12.2 Å². The minimum Gasteiger partial charge on any atom is -0.483 e. The molecule has 6 heteroatoms. The maximum absolute atomic E-state index is 11.7. The zero-order chi connectivity index (χ0) is 18.4. The van der Waals surface area contributed by atoms with Gasteiger partial charge in [0.1, 0.15) is 5.75 Å². The minimum atomic E-state index is -0.0567. The summed E-state index contributed by atoms with van der Waals surface area (Å²) >= 11 is 0. The Balaban J connectivity index is 1.94. The highest BCUT2D eigenvalue weighted by atomic mass is 16.5. The normalized spacial score (nSPS) is 13.3. The molecule has 2 atom stereocenters. The van der Waals surface area contributed by atoms with Crippen LogP contribution in [0.5, 0.6) is 5.75 Å². The van der Waals surface area contributed by atoms with Gasteiger partial charge < -0.3 is 15.0 Å². The lowest BCUT2D eigenvalue weighted by Gasteiger charge is -2.22. The molecule has 0 radical (unpaired) electrons. The third-order valence-corrected chi connectivity index (χ3v) is 4.31. The number of carbonyl (C=O) groups is 1. The number of aryl methyl sites for hydroxylation is 1. The third-order valence-electron chi connectivity index (χ3n) is 4.31. The number of carbonyl (C=O) groups excluding carboxylic acids is 1. The number of ether oxygens (including phenoxy) is 1. The van der Waals surface area contributed by atoms with Crippen molar-refractivity contribution in [1.29, 1.82) is 0 Å². The van der Waals surface area contributed by atoms with Gasteiger partial charge in [-0.3, -0.25) is 9.48 Å². The van der Waals surface area contributed by atoms with Gasteiger partial charge in [-0.25, -0.2) is 0 Å². The second-order valence-corrected chi connectivity index (χ2v) is 6.59. The molecule has 1 amide bonds. The summed E-state index contributed by atoms with van der Waals surface area (Å²) in [4.78, 5) is 13.2. The Morgan fingerprint density at radius 3 is 2.68 bits per heavy atom. The molecule has 136 valence electrons. The van der Waals surface area contributed by atoms with Crippen LogP contribution < -0.4 is 10.1 Å². The Hall–Kier alpha value is -2.34. The number of benzene rings is 1. The molecule has 0 spiro atoms. The lowest BCUT2D eigenvalue weighted by Crippen LogP contribution is -2.33. The maximum Gasteiger partial charge on any atom is 0.259 e. The number of hydrogen-bond acceptors (Lipinski definition) is 4. The van der Waals surface area contributed by atoms with Gasteiger partial charge in [0.25, 0.3) is 5.91 Å². The molecule has 0 aliphatic heterocycles. The zero-order valence-electron chi connectivity index (χ0n) is 15.7. The molecule has 1 aromatic heterocycles. The third kappa shape index (κ3) is 5.32. The van der Waals surface area contributed by atoms with Gasteiger partial charge in [0.2, 0.25) is 0 Å². The lowest BCUT2D eigenvalue weighted by atomic mass is 10.1. The molecule has 0 bridgehead atoms. The van der Waals surface area contributed by atoms with Crippen LogP contribution in [0.3, 0.4) is 0 Å². The molecule has 2 unspecified atom stereocenters. The quantitative estimate of drug-likeness (QED) is 0.799. The van der Waals surface area contributed by atoms with E-state index in [4.69, 9.17) is 4.74 Å². The minimum absolute atomic E-state index is 0.0442. The molecule has 25 heavy (non-hydrogen) atoms. The van der Waals surface area contributed by atoms with Crippen LogP contribution in [0.15, 0.2) is 36.7 Å². The topological polar surface area (TPSA) is 59.4 Å². The van der Waals surface area contributed by atoms with E-state index < -0.39 is 0 Å². The first-order chi connectivity index (χ1) is 11.9. The fourth-order valence-electron chi connectivity index (χ4n) is 2.39. The number of para-hydroxylation sites is 1. The van der Waals surface area contributed by atoms with Crippen LogP contribution in [0, 0.1) is 6.92 Å². The number of likely N-dealkylation sites (N-methyl/N-ethyl adjacent to an activating group) is 1. The smallest absolute Gasteiger partial charge is 0.259 e. The molecule has 1 N–H and O–H groups in total. The predicted molar refractivity (Wildman–Crippen MR) is 98.6 cm³/mol. The average Bonchev–Trinajstić information content (AvgIpc) is 3.03. The Morgan fingerprint density at radius 2 is 2.04 bits per heavy atom. The monoisotopic (exact) mass is 344 g/mol. The van der Waals surface area contributed by atoms with Crippen LogP contribution >= 0.6 is 0 Å². The van der Waals surface area contributed by atoms with Crippen molar-refractivity contribution in [1.82, 2.24) is 20.0 Å². The van der Waals surface area contributed by atoms with E-state index in [1.54, 1.807) is 14.1 Å². The first-order valence-electron chi connectivity index (χ1n) is 8.53. The fraction of sp³-hybridized carbons (Fsp3) is 0.474. The van der Waals surface area contributed by atoms with Crippen LogP contribution in [-0.4, -0.2) is 47.3 Å². The van der Waals surface area contributed by atoms with Crippen molar-refractivity contribution in [2.24, 2.45) is 0 Å². The molecule has 6 nitrogen and oxygen atoms in total. The van der Waals surface area contributed by atoms with E-state index in [-0.39, 0.29) is 24.6 Å². The number of nitrogens with zero attached hydrogens (tertiary/aromatic N) is 3. The highest BCUT2D eigenvalue weighted by Gasteiger charge is 2.15. The summed E-state index contributed by atoms with van der Waals surface area (Å²) in [5.41, 5.74) is 2.19. The largest absolute Gasteiger partial charge is 0.483 e. The van der Waals surface area contributed by atoms with Crippen LogP contribution in [0.1, 0.15) is 31.0 Å². The molecular formula is C19H28N4O2. The highest BCUT2D eigenvalue weighted by molar-refractivity contribution is 5.77. The van der Waals surface area contributed by atoms with Crippen LogP contribution in [0.25, 0.3) is 0 Å². The number of hydrogen-bond donors (Lipinski definition) is 1. The summed E-state index contributed by atoms with van der Waals surface area (Å²) in [5.74, 6) is 0.679. The lowest BCUT2D eigenvalue weighted by molar-refractivity contribution is -0.130. The summed E-state index contributed by atoms with van der Waals surface area (Å²) in [6.45, 7) is 7.03. The van der Waals surface area contributed by atoms with Crippen molar-refractivity contribution in [2.45, 2.75) is 39.4 Å². The number of nitrogens with one attached hydrogen (secondary N) is 1. The van der Waals surface area contributed by atoms with E-state index in [0.717, 1.165) is 16.9 Å². The molecule has 1 heterocycles. The fourth-order valence-corrected chi connectivity index (χ4v) is 2.39. The summed E-state index contributed by atoms with van der Waals surface area (Å²) < 4.78 is 7.67. The van der Waals surface area contributed by atoms with Gasteiger partial charge in [-0.15, -0.1) is 0 Å². The second kappa shape index (κ2) is 8.67. The SMILES string of the molecule is Cc1cnn(C(C)C(C)NCc2ccccc2OCC(=O)N(C)C)c1. The molecule has 2 aromatic rings. The van der Waals surface area contributed by atoms with Gasteiger partial charge in [0, 0.05) is 38.4 Å². The van der Waals surface area contributed by atoms with E-state index in [1.165, 1.54) is 4.90 Å². The van der Waals surface area contributed by atoms with Crippen molar-refractivity contribution >= 4 is 5.91 Å². The summed E-state index contributed by atoms with van der Waals surface area (Å²) in [6, 6.07) is 8.26. The average molecular weight is 344 g/mol. The Labute approximate surface area is 149 Å². The Kier molecular flexibility index (Phi) is 6.58. The molecule has 1 aromatic carbocycles. The van der Waals surface area contributed by atoms with Gasteiger partial charge in [-0.05, 0) is 32.4 Å². The second-order valence-electron chi connectivity index (χ2n) is 6.59. The van der Waals surface area contributed by atoms with Crippen LogP contribution in [-0.2, 0) is 11.3 Å². The Morgan fingerprint density at radius 1 is 1.32 bits per heavy atom. The molecule has 0 fully saturated rings. The van der Waals surface area contributed by atoms with E-state index in [2.05, 4.69) is 24.3 Å². The van der Waals surface area contributed by atoms with Crippen LogP contribution in [0.2, 0.25) is 0 Å². The number of aromatic nitrogens is 2. The van der Waals surface area contributed by atoms with E-state index in [1.807, 2.05) is 48.3 Å². The van der Waals surface area contributed by atoms with Crippen LogP contribution in [0.4, 0.5) is 0 Å². The van der Waals surface area contributed by atoms with E-state index in [9.17, 15) is 4.79 Å². The first kappa shape index (κ1) is 19.0. The standard InChI is InChI=1S/C19H28N4O2/c1-14-10-21-23(12-14)16(3)15(2)20-11-17-8-6-7-9-18(17)25-13-19(24)22(4)5/h6-10,12,15-16,20H,11,13H2,1-5H3. The van der Waals surface area contributed by atoms with Crippen molar-refractivity contribution in [2.75, 3.05) is 20.7 Å². The number of rotatable bonds is 8. The zero-order valence-corrected chi connectivity index (χ0v) is 15.7. The van der Waals surface area contributed by atoms with Crippen molar-refractivity contribution in [3.63, 3.8) is 0 Å². The first-order valence-corrected chi connectivity index (χ1v) is 8.53. The number of amides is 1. The van der Waals surface area contributed by atoms with Gasteiger partial charge in [-0.2, -0.15) is 5.10 Å². The van der Waals surface area contributed by atoms with Gasteiger partial charge in [0.15, 0.2) is 6.61 Å². The Bertz CT molecular complexity index is 696. The molecular weight excluding hydrogens is 316 g/mol. The molecule has 0 saturated carbocycles. The van der Waals surface area contributed by atoms with E-state index >= 15 is 0 Å². The van der Waals surface area contributed by atoms with Gasteiger partial charge >= 0.3 is 0 Å². The van der Waals surface area contributed by atoms with Crippen molar-refractivity contribution in [3.05, 3.63) is 47.8 Å². The molecule has 0 aliphatic rings. The summed E-state index contributed by atoms with van der Waals surface area (Å²) in [6.07, 6.45) is 3.92.